The topological polar surface area (TPSA) is 77.9 Å². The minimum absolute atomic E-state index is 0.138. The molecular weight excluding hydrogens is 320 g/mol. The maximum atomic E-state index is 12.6. The maximum absolute atomic E-state index is 12.6. The van der Waals surface area contributed by atoms with Crippen molar-refractivity contribution < 1.29 is 18.7 Å². The highest BCUT2D eigenvalue weighted by molar-refractivity contribution is 5.88. The Hall–Kier alpha value is -2.05. The van der Waals surface area contributed by atoms with E-state index in [9.17, 15) is 4.79 Å². The zero-order chi connectivity index (χ0) is 17.6. The Bertz CT molecular complexity index is 705. The molecule has 136 valence electrons. The summed E-state index contributed by atoms with van der Waals surface area (Å²) in [5, 5.41) is 0.967. The molecule has 0 saturated carbocycles. The fourth-order valence-corrected chi connectivity index (χ4v) is 3.21. The Balaban J connectivity index is 1.55. The van der Waals surface area contributed by atoms with Gasteiger partial charge in [-0.25, -0.2) is 0 Å². The Kier molecular flexibility index (Phi) is 5.94. The lowest BCUT2D eigenvalue weighted by molar-refractivity contribution is -0.133. The van der Waals surface area contributed by atoms with Gasteiger partial charge in [0.1, 0.15) is 11.3 Å². The lowest BCUT2D eigenvalue weighted by Crippen LogP contribution is -2.41. The summed E-state index contributed by atoms with van der Waals surface area (Å²) in [5.74, 6) is 0.885. The number of methoxy groups -OCH3 is 1. The molecule has 0 unspecified atom stereocenters. The van der Waals surface area contributed by atoms with E-state index < -0.39 is 0 Å². The molecule has 1 aliphatic heterocycles. The number of piperidine rings is 1. The van der Waals surface area contributed by atoms with Crippen molar-refractivity contribution in [3.8, 4) is 5.75 Å². The van der Waals surface area contributed by atoms with Crippen molar-refractivity contribution in [1.82, 2.24) is 4.90 Å². The predicted octanol–water partition coefficient (Wildman–Crippen LogP) is 2.34. The Morgan fingerprint density at radius 3 is 2.88 bits per heavy atom. The van der Waals surface area contributed by atoms with Crippen LogP contribution in [0.3, 0.4) is 0 Å². The normalized spacial score (nSPS) is 15.7. The van der Waals surface area contributed by atoms with Crippen LogP contribution in [0.2, 0.25) is 0 Å². The number of amides is 1. The van der Waals surface area contributed by atoms with Crippen LogP contribution in [-0.2, 0) is 16.0 Å². The summed E-state index contributed by atoms with van der Waals surface area (Å²) in [7, 11) is 1.62. The molecule has 1 aromatic carbocycles. The molecule has 6 heteroatoms. The molecule has 1 amide bonds. The molecule has 25 heavy (non-hydrogen) atoms. The van der Waals surface area contributed by atoms with Crippen molar-refractivity contribution in [1.29, 1.82) is 0 Å². The van der Waals surface area contributed by atoms with Crippen molar-refractivity contribution >= 4 is 16.9 Å². The maximum Gasteiger partial charge on any atom is 0.227 e. The number of nitrogens with zero attached hydrogens (tertiary/aromatic N) is 1. The SMILES string of the molecule is COc1ccc2c(CC(=O)N3CCC(OCCCN)CC3)coc2c1. The van der Waals surface area contributed by atoms with Gasteiger partial charge in [-0.05, 0) is 37.9 Å². The number of hydrogen-bond acceptors (Lipinski definition) is 5. The first kappa shape index (κ1) is 17.8. The van der Waals surface area contributed by atoms with Gasteiger partial charge in [-0.2, -0.15) is 0 Å². The summed E-state index contributed by atoms with van der Waals surface area (Å²) >= 11 is 0. The third kappa shape index (κ3) is 4.32. The van der Waals surface area contributed by atoms with Crippen LogP contribution < -0.4 is 10.5 Å². The third-order valence-corrected chi connectivity index (χ3v) is 4.70. The van der Waals surface area contributed by atoms with Gasteiger partial charge in [-0.15, -0.1) is 0 Å². The van der Waals surface area contributed by atoms with Crippen LogP contribution in [-0.4, -0.2) is 50.3 Å². The number of carbonyl (C=O) groups excluding carboxylic acids is 1. The zero-order valence-electron chi connectivity index (χ0n) is 14.7. The molecule has 0 radical (unpaired) electrons. The van der Waals surface area contributed by atoms with E-state index in [-0.39, 0.29) is 12.0 Å². The van der Waals surface area contributed by atoms with Crippen LogP contribution in [0.25, 0.3) is 11.0 Å². The van der Waals surface area contributed by atoms with E-state index in [2.05, 4.69) is 0 Å². The fourth-order valence-electron chi connectivity index (χ4n) is 3.21. The Morgan fingerprint density at radius 2 is 2.16 bits per heavy atom. The number of fused-ring (bicyclic) bond motifs is 1. The summed E-state index contributed by atoms with van der Waals surface area (Å²) in [4.78, 5) is 14.5. The fraction of sp³-hybridized carbons (Fsp3) is 0.526. The molecule has 3 rings (SSSR count). The van der Waals surface area contributed by atoms with Gasteiger partial charge in [0, 0.05) is 36.7 Å². The average Bonchev–Trinajstić information content (AvgIpc) is 3.04. The van der Waals surface area contributed by atoms with E-state index in [4.69, 9.17) is 19.6 Å². The molecule has 0 spiro atoms. The molecule has 2 N–H and O–H groups in total. The van der Waals surface area contributed by atoms with Gasteiger partial charge in [0.05, 0.1) is 25.9 Å². The minimum Gasteiger partial charge on any atom is -0.497 e. The number of ether oxygens (including phenoxy) is 2. The van der Waals surface area contributed by atoms with Gasteiger partial charge in [-0.1, -0.05) is 0 Å². The second-order valence-electron chi connectivity index (χ2n) is 6.39. The van der Waals surface area contributed by atoms with Crippen molar-refractivity contribution in [3.63, 3.8) is 0 Å². The van der Waals surface area contributed by atoms with Crippen LogP contribution >= 0.6 is 0 Å². The highest BCUT2D eigenvalue weighted by Gasteiger charge is 2.24. The Labute approximate surface area is 147 Å². The van der Waals surface area contributed by atoms with Crippen molar-refractivity contribution in [2.75, 3.05) is 33.4 Å². The molecule has 0 aliphatic carbocycles. The molecule has 0 bridgehead atoms. The molecule has 1 fully saturated rings. The van der Waals surface area contributed by atoms with E-state index in [0.29, 0.717) is 19.6 Å². The van der Waals surface area contributed by atoms with Crippen LogP contribution in [0.1, 0.15) is 24.8 Å². The van der Waals surface area contributed by atoms with Crippen LogP contribution in [0.15, 0.2) is 28.9 Å². The monoisotopic (exact) mass is 346 g/mol. The summed E-state index contributed by atoms with van der Waals surface area (Å²) in [6, 6.07) is 5.67. The third-order valence-electron chi connectivity index (χ3n) is 4.70. The number of hydrogen-bond donors (Lipinski definition) is 1. The minimum atomic E-state index is 0.138. The molecule has 6 nitrogen and oxygen atoms in total. The summed E-state index contributed by atoms with van der Waals surface area (Å²) < 4.78 is 16.6. The average molecular weight is 346 g/mol. The Morgan fingerprint density at radius 1 is 1.36 bits per heavy atom. The first-order valence-electron chi connectivity index (χ1n) is 8.85. The lowest BCUT2D eigenvalue weighted by atomic mass is 10.1. The molecule has 2 heterocycles. The molecule has 1 saturated heterocycles. The molecular formula is C19H26N2O4. The van der Waals surface area contributed by atoms with Gasteiger partial charge in [-0.3, -0.25) is 4.79 Å². The first-order chi connectivity index (χ1) is 12.2. The highest BCUT2D eigenvalue weighted by Crippen LogP contribution is 2.26. The molecule has 1 aromatic heterocycles. The van der Waals surface area contributed by atoms with E-state index in [1.54, 1.807) is 13.4 Å². The number of carbonyl (C=O) groups is 1. The molecule has 1 aliphatic rings. The number of furan rings is 1. The number of likely N-dealkylation sites (tertiary alicyclic amines) is 1. The van der Waals surface area contributed by atoms with Crippen LogP contribution in [0.4, 0.5) is 0 Å². The van der Waals surface area contributed by atoms with Crippen molar-refractivity contribution in [2.45, 2.75) is 31.8 Å². The number of nitrogens with two attached hydrogens (primary N) is 1. The van der Waals surface area contributed by atoms with Gasteiger partial charge in [0.25, 0.3) is 0 Å². The second-order valence-corrected chi connectivity index (χ2v) is 6.39. The molecule has 2 aromatic rings. The summed E-state index contributed by atoms with van der Waals surface area (Å²) in [5.41, 5.74) is 7.14. The van der Waals surface area contributed by atoms with Crippen LogP contribution in [0, 0.1) is 0 Å². The lowest BCUT2D eigenvalue weighted by Gasteiger charge is -2.32. The van der Waals surface area contributed by atoms with Gasteiger partial charge < -0.3 is 24.5 Å². The summed E-state index contributed by atoms with van der Waals surface area (Å²) in [6.45, 7) is 2.85. The highest BCUT2D eigenvalue weighted by atomic mass is 16.5. The second kappa shape index (κ2) is 8.36. The predicted molar refractivity (Wildman–Crippen MR) is 95.7 cm³/mol. The summed E-state index contributed by atoms with van der Waals surface area (Å²) in [6.07, 6.45) is 4.94. The van der Waals surface area contributed by atoms with E-state index in [0.717, 1.165) is 54.6 Å². The van der Waals surface area contributed by atoms with Crippen LogP contribution in [0.5, 0.6) is 5.75 Å². The van der Waals surface area contributed by atoms with E-state index in [1.165, 1.54) is 0 Å². The number of rotatable bonds is 7. The first-order valence-corrected chi connectivity index (χ1v) is 8.85. The smallest absolute Gasteiger partial charge is 0.227 e. The zero-order valence-corrected chi connectivity index (χ0v) is 14.7. The largest absolute Gasteiger partial charge is 0.497 e. The van der Waals surface area contributed by atoms with E-state index >= 15 is 0 Å². The number of benzene rings is 1. The molecule has 0 atom stereocenters. The van der Waals surface area contributed by atoms with E-state index in [1.807, 2.05) is 23.1 Å². The van der Waals surface area contributed by atoms with Crippen molar-refractivity contribution in [3.05, 3.63) is 30.0 Å². The standard InChI is InChI=1S/C19H26N2O4/c1-23-16-3-4-17-14(13-25-18(17)12-16)11-19(22)21-8-5-15(6-9-21)24-10-2-7-20/h3-4,12-13,15H,2,5-11,20H2,1H3. The van der Waals surface area contributed by atoms with Gasteiger partial charge in [0.15, 0.2) is 0 Å². The van der Waals surface area contributed by atoms with Crippen molar-refractivity contribution in [2.24, 2.45) is 5.73 Å². The van der Waals surface area contributed by atoms with Gasteiger partial charge >= 0.3 is 0 Å². The van der Waals surface area contributed by atoms with Gasteiger partial charge in [0.2, 0.25) is 5.91 Å². The quantitative estimate of drug-likeness (QED) is 0.779.